The van der Waals surface area contributed by atoms with Crippen molar-refractivity contribution >= 4 is 17.4 Å². The van der Waals surface area contributed by atoms with Crippen molar-refractivity contribution in [2.24, 2.45) is 10.4 Å². The van der Waals surface area contributed by atoms with Crippen molar-refractivity contribution in [3.63, 3.8) is 0 Å². The van der Waals surface area contributed by atoms with Crippen LogP contribution in [0.2, 0.25) is 0 Å². The Labute approximate surface area is 93.9 Å². The maximum absolute atomic E-state index is 4.10. The Hall–Kier alpha value is -1.23. The molecular formula is C10H14N4S. The molecule has 0 N–H and O–H groups in total. The summed E-state index contributed by atoms with van der Waals surface area (Å²) in [5, 5.41) is 11.8. The highest BCUT2D eigenvalue weighted by atomic mass is 32.2. The Morgan fingerprint density at radius 1 is 1.33 bits per heavy atom. The van der Waals surface area contributed by atoms with E-state index in [1.165, 1.54) is 10.5 Å². The molecule has 1 heterocycles. The molecule has 0 radical (unpaired) electrons. The Bertz CT molecular complexity index is 391. The molecule has 0 atom stereocenters. The van der Waals surface area contributed by atoms with Gasteiger partial charge >= 0.3 is 0 Å². The van der Waals surface area contributed by atoms with Gasteiger partial charge in [0.2, 0.25) is 0 Å². The minimum Gasteiger partial charge on any atom is -0.258 e. The van der Waals surface area contributed by atoms with Crippen LogP contribution >= 0.6 is 11.8 Å². The van der Waals surface area contributed by atoms with Crippen LogP contribution in [-0.4, -0.2) is 25.0 Å². The van der Waals surface area contributed by atoms with Gasteiger partial charge in [0.05, 0.1) is 5.69 Å². The molecule has 0 unspecified atom stereocenters. The zero-order valence-corrected chi connectivity index (χ0v) is 9.95. The smallest absolute Gasteiger partial charge is 0.132 e. The van der Waals surface area contributed by atoms with Crippen molar-refractivity contribution in [2.45, 2.75) is 11.8 Å². The van der Waals surface area contributed by atoms with E-state index in [-0.39, 0.29) is 0 Å². The van der Waals surface area contributed by atoms with E-state index in [9.17, 15) is 0 Å². The molecule has 1 aliphatic heterocycles. The first-order valence-electron chi connectivity index (χ1n) is 4.76. The van der Waals surface area contributed by atoms with Gasteiger partial charge < -0.3 is 0 Å². The lowest BCUT2D eigenvalue weighted by Crippen LogP contribution is -2.22. The van der Waals surface area contributed by atoms with Crippen LogP contribution in [0.1, 0.15) is 5.56 Å². The number of hydrogen-bond acceptors (Lipinski definition) is 5. The van der Waals surface area contributed by atoms with E-state index in [1.54, 1.807) is 11.8 Å². The first kappa shape index (κ1) is 10.3. The quantitative estimate of drug-likeness (QED) is 0.721. The van der Waals surface area contributed by atoms with Crippen molar-refractivity contribution in [3.05, 3.63) is 23.8 Å². The molecule has 1 aromatic rings. The van der Waals surface area contributed by atoms with Gasteiger partial charge in [-0.05, 0) is 36.1 Å². The van der Waals surface area contributed by atoms with Crippen LogP contribution in [0.4, 0.5) is 5.69 Å². The average Bonchev–Trinajstić information content (AvgIpc) is 2.65. The van der Waals surface area contributed by atoms with Crippen LogP contribution < -0.4 is 5.01 Å². The first-order valence-corrected chi connectivity index (χ1v) is 5.98. The number of anilines is 1. The highest BCUT2D eigenvalue weighted by Gasteiger charge is 2.16. The van der Waals surface area contributed by atoms with Gasteiger partial charge in [-0.2, -0.15) is 0 Å². The fourth-order valence-electron chi connectivity index (χ4n) is 1.59. The fourth-order valence-corrected chi connectivity index (χ4v) is 2.22. The van der Waals surface area contributed by atoms with Crippen molar-refractivity contribution in [1.29, 1.82) is 0 Å². The Kier molecular flexibility index (Phi) is 2.81. The average molecular weight is 222 g/mol. The van der Waals surface area contributed by atoms with Gasteiger partial charge in [-0.15, -0.1) is 11.8 Å². The van der Waals surface area contributed by atoms with E-state index in [4.69, 9.17) is 0 Å². The highest BCUT2D eigenvalue weighted by molar-refractivity contribution is 7.98. The normalized spacial score (nSPS) is 15.1. The number of hydrogen-bond donors (Lipinski definition) is 0. The summed E-state index contributed by atoms with van der Waals surface area (Å²) in [5.74, 6) is 0. The Morgan fingerprint density at radius 3 is 2.73 bits per heavy atom. The molecule has 2 rings (SSSR count). The third kappa shape index (κ3) is 1.92. The predicted octanol–water partition coefficient (Wildman–Crippen LogP) is 2.71. The third-order valence-electron chi connectivity index (χ3n) is 2.39. The molecule has 1 aromatic carbocycles. The molecule has 0 bridgehead atoms. The maximum atomic E-state index is 4.10. The minimum absolute atomic E-state index is 0.721. The van der Waals surface area contributed by atoms with E-state index in [2.05, 4.69) is 41.8 Å². The van der Waals surface area contributed by atoms with E-state index in [0.717, 1.165) is 12.4 Å². The lowest BCUT2D eigenvalue weighted by molar-refractivity contribution is 0.390. The number of thioether (sulfide) groups is 1. The Balaban J connectivity index is 2.33. The van der Waals surface area contributed by atoms with Crippen LogP contribution in [0, 0.1) is 6.92 Å². The second-order valence-electron chi connectivity index (χ2n) is 3.48. The van der Waals surface area contributed by atoms with Crippen LogP contribution in [0.15, 0.2) is 33.5 Å². The molecule has 0 saturated heterocycles. The fraction of sp³-hybridized carbons (Fsp3) is 0.400. The topological polar surface area (TPSA) is 31.2 Å². The van der Waals surface area contributed by atoms with Gasteiger partial charge in [-0.3, -0.25) is 5.01 Å². The summed E-state index contributed by atoms with van der Waals surface area (Å²) < 4.78 is 0. The molecule has 15 heavy (non-hydrogen) atoms. The minimum atomic E-state index is 0.721. The summed E-state index contributed by atoms with van der Waals surface area (Å²) in [6.07, 6.45) is 2.09. The molecule has 0 spiro atoms. The van der Waals surface area contributed by atoms with E-state index in [1.807, 2.05) is 17.1 Å². The van der Waals surface area contributed by atoms with E-state index in [0.29, 0.717) is 0 Å². The van der Waals surface area contributed by atoms with Crippen LogP contribution in [-0.2, 0) is 0 Å². The van der Waals surface area contributed by atoms with Gasteiger partial charge in [0.1, 0.15) is 6.67 Å². The largest absolute Gasteiger partial charge is 0.258 e. The molecule has 0 saturated carbocycles. The monoisotopic (exact) mass is 222 g/mol. The lowest BCUT2D eigenvalue weighted by atomic mass is 10.2. The zero-order chi connectivity index (χ0) is 10.8. The molecule has 4 nitrogen and oxygen atoms in total. The molecule has 0 fully saturated rings. The number of benzene rings is 1. The molecule has 80 valence electrons. The van der Waals surface area contributed by atoms with Gasteiger partial charge in [-0.1, -0.05) is 11.3 Å². The van der Waals surface area contributed by atoms with Gasteiger partial charge in [0.25, 0.3) is 0 Å². The lowest BCUT2D eigenvalue weighted by Gasteiger charge is -2.17. The second kappa shape index (κ2) is 4.10. The highest BCUT2D eigenvalue weighted by Crippen LogP contribution is 2.30. The molecule has 0 aliphatic carbocycles. The van der Waals surface area contributed by atoms with Crippen molar-refractivity contribution in [3.8, 4) is 0 Å². The summed E-state index contributed by atoms with van der Waals surface area (Å²) in [7, 11) is 1.91. The predicted molar refractivity (Wildman–Crippen MR) is 62.9 cm³/mol. The SMILES string of the molecule is CSc1cccc(N2CN(C)N=N2)c1C. The third-order valence-corrected chi connectivity index (χ3v) is 3.27. The second-order valence-corrected chi connectivity index (χ2v) is 4.33. The summed E-state index contributed by atoms with van der Waals surface area (Å²) in [6.45, 7) is 2.84. The summed E-state index contributed by atoms with van der Waals surface area (Å²) in [5.41, 5.74) is 2.40. The van der Waals surface area contributed by atoms with Crippen LogP contribution in [0.5, 0.6) is 0 Å². The van der Waals surface area contributed by atoms with Gasteiger partial charge in [0, 0.05) is 11.9 Å². The van der Waals surface area contributed by atoms with Crippen molar-refractivity contribution < 1.29 is 0 Å². The number of nitrogens with zero attached hydrogens (tertiary/aromatic N) is 4. The summed E-state index contributed by atoms with van der Waals surface area (Å²) in [6, 6.07) is 6.26. The molecule has 5 heteroatoms. The van der Waals surface area contributed by atoms with Crippen molar-refractivity contribution in [1.82, 2.24) is 5.01 Å². The maximum Gasteiger partial charge on any atom is 0.132 e. The molecule has 0 amide bonds. The zero-order valence-electron chi connectivity index (χ0n) is 9.14. The first-order chi connectivity index (χ1) is 7.22. The Morgan fingerprint density at radius 2 is 2.13 bits per heavy atom. The standard InChI is InChI=1S/C10H14N4S/c1-8-9(5-4-6-10(8)15-3)14-7-13(2)11-12-14/h4-6H,7H2,1-3H3. The van der Waals surface area contributed by atoms with E-state index < -0.39 is 0 Å². The number of rotatable bonds is 2. The molecular weight excluding hydrogens is 208 g/mol. The van der Waals surface area contributed by atoms with Crippen molar-refractivity contribution in [2.75, 3.05) is 25.0 Å². The molecule has 1 aliphatic rings. The van der Waals surface area contributed by atoms with Crippen LogP contribution in [0.25, 0.3) is 0 Å². The van der Waals surface area contributed by atoms with E-state index >= 15 is 0 Å². The van der Waals surface area contributed by atoms with Crippen LogP contribution in [0.3, 0.4) is 0 Å². The summed E-state index contributed by atoms with van der Waals surface area (Å²) in [4.78, 5) is 1.29. The van der Waals surface area contributed by atoms with Gasteiger partial charge in [0.15, 0.2) is 0 Å². The van der Waals surface area contributed by atoms with Gasteiger partial charge in [-0.25, -0.2) is 5.01 Å². The summed E-state index contributed by atoms with van der Waals surface area (Å²) >= 11 is 1.76. The molecule has 0 aromatic heterocycles.